The summed E-state index contributed by atoms with van der Waals surface area (Å²) in [5.74, 6) is 0.0442. The van der Waals surface area contributed by atoms with Crippen LogP contribution in [0.15, 0.2) is 30.5 Å². The van der Waals surface area contributed by atoms with E-state index in [0.29, 0.717) is 11.3 Å². The van der Waals surface area contributed by atoms with Gasteiger partial charge in [0.1, 0.15) is 11.6 Å². The molecule has 2 aromatic rings. The van der Waals surface area contributed by atoms with Crippen LogP contribution in [0, 0.1) is 5.82 Å². The highest BCUT2D eigenvalue weighted by atomic mass is 32.2. The SMILES string of the molecule is CS(=O)(=O)N(CC(=O)NCc1ccccc1F)Cc1cn2c(n1)CCCC2. The molecular formula is C18H23FN4O3S. The van der Waals surface area contributed by atoms with Crippen molar-refractivity contribution in [2.45, 2.75) is 38.9 Å². The van der Waals surface area contributed by atoms with E-state index in [0.717, 1.165) is 42.2 Å². The van der Waals surface area contributed by atoms with Crippen molar-refractivity contribution < 1.29 is 17.6 Å². The Morgan fingerprint density at radius 2 is 2.11 bits per heavy atom. The number of amides is 1. The van der Waals surface area contributed by atoms with Crippen LogP contribution in [-0.4, -0.2) is 41.0 Å². The summed E-state index contributed by atoms with van der Waals surface area (Å²) in [6.45, 7) is 0.577. The monoisotopic (exact) mass is 394 g/mol. The van der Waals surface area contributed by atoms with E-state index >= 15 is 0 Å². The van der Waals surface area contributed by atoms with E-state index in [1.54, 1.807) is 18.2 Å². The number of carbonyl (C=O) groups excluding carboxylic acids is 1. The lowest BCUT2D eigenvalue weighted by atomic mass is 10.2. The van der Waals surface area contributed by atoms with Crippen molar-refractivity contribution in [1.29, 1.82) is 0 Å². The third-order valence-corrected chi connectivity index (χ3v) is 5.72. The number of aryl methyl sites for hydroxylation is 2. The molecule has 0 atom stereocenters. The summed E-state index contributed by atoms with van der Waals surface area (Å²) in [6, 6.07) is 6.12. The zero-order valence-electron chi connectivity index (χ0n) is 15.2. The molecule has 1 aromatic carbocycles. The van der Waals surface area contributed by atoms with Gasteiger partial charge in [-0.05, 0) is 18.9 Å². The van der Waals surface area contributed by atoms with Gasteiger partial charge in [-0.3, -0.25) is 4.79 Å². The van der Waals surface area contributed by atoms with E-state index in [9.17, 15) is 17.6 Å². The van der Waals surface area contributed by atoms with Gasteiger partial charge in [-0.2, -0.15) is 4.31 Å². The second-order valence-electron chi connectivity index (χ2n) is 6.70. The first kappa shape index (κ1) is 19.5. The van der Waals surface area contributed by atoms with Gasteiger partial charge in [-0.25, -0.2) is 17.8 Å². The normalized spacial score (nSPS) is 14.2. The minimum absolute atomic E-state index is 0.00187. The molecule has 0 unspecified atom stereocenters. The number of imidazole rings is 1. The molecule has 1 aliphatic rings. The van der Waals surface area contributed by atoms with Gasteiger partial charge in [0, 0.05) is 31.3 Å². The third-order valence-electron chi connectivity index (χ3n) is 4.52. The smallest absolute Gasteiger partial charge is 0.235 e. The maximum absolute atomic E-state index is 13.6. The summed E-state index contributed by atoms with van der Waals surface area (Å²) in [4.78, 5) is 16.7. The van der Waals surface area contributed by atoms with E-state index in [1.165, 1.54) is 6.07 Å². The van der Waals surface area contributed by atoms with Crippen LogP contribution in [0.25, 0.3) is 0 Å². The van der Waals surface area contributed by atoms with Crippen LogP contribution in [-0.2, 0) is 40.9 Å². The first-order valence-corrected chi connectivity index (χ1v) is 10.7. The minimum atomic E-state index is -3.60. The van der Waals surface area contributed by atoms with E-state index in [1.807, 2.05) is 10.8 Å². The quantitative estimate of drug-likeness (QED) is 0.770. The van der Waals surface area contributed by atoms with Crippen LogP contribution in [0.3, 0.4) is 0 Å². The summed E-state index contributed by atoms with van der Waals surface area (Å²) in [5.41, 5.74) is 0.970. The van der Waals surface area contributed by atoms with Crippen molar-refractivity contribution >= 4 is 15.9 Å². The number of sulfonamides is 1. The lowest BCUT2D eigenvalue weighted by Gasteiger charge is -2.18. The Balaban J connectivity index is 1.64. The van der Waals surface area contributed by atoms with Gasteiger partial charge in [-0.15, -0.1) is 0 Å². The van der Waals surface area contributed by atoms with Crippen molar-refractivity contribution in [3.63, 3.8) is 0 Å². The number of hydrogen-bond donors (Lipinski definition) is 1. The highest BCUT2D eigenvalue weighted by Gasteiger charge is 2.23. The molecule has 1 N–H and O–H groups in total. The number of hydrogen-bond acceptors (Lipinski definition) is 4. The second-order valence-corrected chi connectivity index (χ2v) is 8.68. The third kappa shape index (κ3) is 5.14. The molecule has 0 aliphatic carbocycles. The first-order chi connectivity index (χ1) is 12.8. The van der Waals surface area contributed by atoms with Crippen LogP contribution in [0.4, 0.5) is 4.39 Å². The molecule has 3 rings (SSSR count). The largest absolute Gasteiger partial charge is 0.351 e. The van der Waals surface area contributed by atoms with Crippen molar-refractivity contribution in [2.75, 3.05) is 12.8 Å². The number of benzene rings is 1. The number of carbonyl (C=O) groups is 1. The predicted octanol–water partition coefficient (Wildman–Crippen LogP) is 1.44. The Morgan fingerprint density at radius 1 is 1.33 bits per heavy atom. The fourth-order valence-electron chi connectivity index (χ4n) is 3.07. The average Bonchev–Trinajstić information content (AvgIpc) is 3.02. The topological polar surface area (TPSA) is 84.3 Å². The Kier molecular flexibility index (Phi) is 5.91. The predicted molar refractivity (Wildman–Crippen MR) is 98.7 cm³/mol. The zero-order chi connectivity index (χ0) is 19.4. The van der Waals surface area contributed by atoms with Gasteiger partial charge in [0.15, 0.2) is 0 Å². The van der Waals surface area contributed by atoms with Crippen molar-refractivity contribution in [3.8, 4) is 0 Å². The number of aromatic nitrogens is 2. The molecule has 1 amide bonds. The molecule has 0 saturated carbocycles. The van der Waals surface area contributed by atoms with Crippen molar-refractivity contribution in [3.05, 3.63) is 53.4 Å². The molecule has 0 radical (unpaired) electrons. The maximum atomic E-state index is 13.6. The number of rotatable bonds is 7. The van der Waals surface area contributed by atoms with Crippen LogP contribution >= 0.6 is 0 Å². The number of halogens is 1. The van der Waals surface area contributed by atoms with E-state index < -0.39 is 21.7 Å². The second kappa shape index (κ2) is 8.18. The Morgan fingerprint density at radius 3 is 2.81 bits per heavy atom. The molecule has 0 fully saturated rings. The fraction of sp³-hybridized carbons (Fsp3) is 0.444. The van der Waals surface area contributed by atoms with Crippen molar-refractivity contribution in [2.24, 2.45) is 0 Å². The van der Waals surface area contributed by atoms with Gasteiger partial charge in [0.2, 0.25) is 15.9 Å². The fourth-order valence-corrected chi connectivity index (χ4v) is 3.79. The Hall–Kier alpha value is -2.26. The number of nitrogens with one attached hydrogen (secondary N) is 1. The number of nitrogens with zero attached hydrogens (tertiary/aromatic N) is 3. The van der Waals surface area contributed by atoms with Gasteiger partial charge < -0.3 is 9.88 Å². The Labute approximate surface area is 158 Å². The Bertz CT molecular complexity index is 903. The molecule has 0 saturated heterocycles. The highest BCUT2D eigenvalue weighted by molar-refractivity contribution is 7.88. The maximum Gasteiger partial charge on any atom is 0.235 e. The van der Waals surface area contributed by atoms with Crippen LogP contribution in [0.5, 0.6) is 0 Å². The van der Waals surface area contributed by atoms with Crippen molar-refractivity contribution in [1.82, 2.24) is 19.2 Å². The first-order valence-electron chi connectivity index (χ1n) is 8.83. The van der Waals surface area contributed by atoms with E-state index in [-0.39, 0.29) is 19.6 Å². The summed E-state index contributed by atoms with van der Waals surface area (Å²) >= 11 is 0. The molecule has 2 heterocycles. The molecule has 27 heavy (non-hydrogen) atoms. The molecule has 7 nitrogen and oxygen atoms in total. The summed E-state index contributed by atoms with van der Waals surface area (Å²) in [6.07, 6.45) is 5.95. The van der Waals surface area contributed by atoms with Crippen LogP contribution in [0.2, 0.25) is 0 Å². The van der Waals surface area contributed by atoms with Crippen LogP contribution in [0.1, 0.15) is 29.9 Å². The molecule has 0 spiro atoms. The van der Waals surface area contributed by atoms with Gasteiger partial charge >= 0.3 is 0 Å². The minimum Gasteiger partial charge on any atom is -0.351 e. The van der Waals surface area contributed by atoms with Crippen LogP contribution < -0.4 is 5.32 Å². The highest BCUT2D eigenvalue weighted by Crippen LogP contribution is 2.16. The van der Waals surface area contributed by atoms with E-state index in [4.69, 9.17) is 0 Å². The lowest BCUT2D eigenvalue weighted by molar-refractivity contribution is -0.121. The molecule has 0 bridgehead atoms. The molecule has 1 aliphatic heterocycles. The molecule has 1 aromatic heterocycles. The standard InChI is InChI=1S/C18H23FN4O3S/c1-27(25,26)23(12-15-11-22-9-5-4-8-17(22)21-15)13-18(24)20-10-14-6-2-3-7-16(14)19/h2-3,6-7,11H,4-5,8-10,12-13H2,1H3,(H,20,24). The molecular weight excluding hydrogens is 371 g/mol. The zero-order valence-corrected chi connectivity index (χ0v) is 16.0. The van der Waals surface area contributed by atoms with Gasteiger partial charge in [-0.1, -0.05) is 18.2 Å². The molecule has 9 heteroatoms. The van der Waals surface area contributed by atoms with E-state index in [2.05, 4.69) is 10.3 Å². The summed E-state index contributed by atoms with van der Waals surface area (Å²) < 4.78 is 40.9. The lowest BCUT2D eigenvalue weighted by Crippen LogP contribution is -2.39. The van der Waals surface area contributed by atoms with Gasteiger partial charge in [0.25, 0.3) is 0 Å². The average molecular weight is 394 g/mol. The summed E-state index contributed by atoms with van der Waals surface area (Å²) in [5, 5.41) is 2.57. The summed E-state index contributed by atoms with van der Waals surface area (Å²) in [7, 11) is -3.60. The number of fused-ring (bicyclic) bond motifs is 1. The molecule has 146 valence electrons. The van der Waals surface area contributed by atoms with Gasteiger partial charge in [0.05, 0.1) is 25.0 Å².